The maximum Gasteiger partial charge on any atom is 0.417 e. The number of carbonyl (C=O) groups is 1. The number of hydrogen-bond donors (Lipinski definition) is 1. The summed E-state index contributed by atoms with van der Waals surface area (Å²) in [6, 6.07) is 7.96. The van der Waals surface area contributed by atoms with Crippen molar-refractivity contribution in [2.24, 2.45) is 5.41 Å². The third-order valence-corrected chi connectivity index (χ3v) is 11.2. The Morgan fingerprint density at radius 1 is 0.907 bits per heavy atom. The van der Waals surface area contributed by atoms with E-state index in [2.05, 4.69) is 30.4 Å². The first kappa shape index (κ1) is 35.3. The van der Waals surface area contributed by atoms with Crippen LogP contribution in [0.5, 0.6) is 0 Å². The molecule has 2 aromatic carbocycles. The molecular formula is C29H39ClF3N3O5S2. The average molecular weight is 666 g/mol. The molecular weight excluding hydrogens is 627 g/mol. The first-order valence-electron chi connectivity index (χ1n) is 14.1. The molecule has 4 rings (SSSR count). The molecule has 2 aliphatic heterocycles. The molecule has 0 radical (unpaired) electrons. The van der Waals surface area contributed by atoms with Crippen LogP contribution >= 0.6 is 12.4 Å². The van der Waals surface area contributed by atoms with Crippen LogP contribution in [0, 0.1) is 5.41 Å². The molecule has 0 saturated carbocycles. The average Bonchev–Trinajstić information content (AvgIpc) is 3.40. The Labute approximate surface area is 258 Å². The SMILES string of the molecule is CC(C)(C)CCN1CCC[C@H]1C(=O)N1CCC(NS(=O)(=O)c2cc(S(=O)(=O)c3ccccc3)ccc2C(F)(F)F)CC1.Cl. The van der Waals surface area contributed by atoms with Crippen molar-refractivity contribution < 1.29 is 34.8 Å². The molecule has 43 heavy (non-hydrogen) atoms. The third-order valence-electron chi connectivity index (χ3n) is 7.84. The number of hydrogen-bond acceptors (Lipinski definition) is 6. The van der Waals surface area contributed by atoms with Crippen molar-refractivity contribution in [3.8, 4) is 0 Å². The van der Waals surface area contributed by atoms with Crippen LogP contribution < -0.4 is 4.72 Å². The number of halogens is 4. The van der Waals surface area contributed by atoms with Gasteiger partial charge in [0, 0.05) is 19.1 Å². The minimum absolute atomic E-state index is 0. The van der Waals surface area contributed by atoms with E-state index in [9.17, 15) is 34.8 Å². The molecule has 2 aromatic rings. The second kappa shape index (κ2) is 13.4. The summed E-state index contributed by atoms with van der Waals surface area (Å²) in [5, 5.41) is 0. The van der Waals surface area contributed by atoms with Gasteiger partial charge in [0.2, 0.25) is 25.8 Å². The predicted molar refractivity (Wildman–Crippen MR) is 159 cm³/mol. The summed E-state index contributed by atoms with van der Waals surface area (Å²) in [5.41, 5.74) is -1.31. The lowest BCUT2D eigenvalue weighted by atomic mass is 9.92. The number of nitrogens with one attached hydrogen (secondary N) is 1. The van der Waals surface area contributed by atoms with Gasteiger partial charge in [-0.25, -0.2) is 21.6 Å². The Balaban J connectivity index is 0.00000506. The van der Waals surface area contributed by atoms with E-state index in [1.54, 1.807) is 11.0 Å². The van der Waals surface area contributed by atoms with Crippen LogP contribution in [0.3, 0.4) is 0 Å². The second-order valence-corrected chi connectivity index (χ2v) is 15.8. The highest BCUT2D eigenvalue weighted by molar-refractivity contribution is 7.91. The number of amides is 1. The Bertz CT molecular complexity index is 1490. The Morgan fingerprint density at radius 3 is 2.12 bits per heavy atom. The predicted octanol–water partition coefficient (Wildman–Crippen LogP) is 5.13. The van der Waals surface area contributed by atoms with E-state index in [1.165, 1.54) is 24.3 Å². The summed E-state index contributed by atoms with van der Waals surface area (Å²) < 4.78 is 96.6. The molecule has 14 heteroatoms. The van der Waals surface area contributed by atoms with Gasteiger partial charge in [-0.2, -0.15) is 13.2 Å². The molecule has 2 heterocycles. The molecule has 0 unspecified atom stereocenters. The van der Waals surface area contributed by atoms with E-state index in [4.69, 9.17) is 0 Å². The van der Waals surface area contributed by atoms with Crippen LogP contribution in [0.1, 0.15) is 58.4 Å². The summed E-state index contributed by atoms with van der Waals surface area (Å²) in [7, 11) is -9.04. The summed E-state index contributed by atoms with van der Waals surface area (Å²) in [6.45, 7) is 8.67. The van der Waals surface area contributed by atoms with E-state index >= 15 is 0 Å². The maximum absolute atomic E-state index is 13.9. The summed E-state index contributed by atoms with van der Waals surface area (Å²) in [4.78, 5) is 15.4. The quantitative estimate of drug-likeness (QED) is 0.420. The molecule has 0 aromatic heterocycles. The molecule has 0 bridgehead atoms. The molecule has 1 N–H and O–H groups in total. The van der Waals surface area contributed by atoms with Crippen LogP contribution in [-0.4, -0.2) is 70.8 Å². The summed E-state index contributed by atoms with van der Waals surface area (Å²) in [6.07, 6.45) is -1.94. The van der Waals surface area contributed by atoms with Crippen molar-refractivity contribution >= 4 is 38.2 Å². The molecule has 1 atom stereocenters. The van der Waals surface area contributed by atoms with E-state index in [1.807, 2.05) is 0 Å². The van der Waals surface area contributed by atoms with Gasteiger partial charge in [0.25, 0.3) is 0 Å². The van der Waals surface area contributed by atoms with Gasteiger partial charge in [-0.05, 0) is 80.9 Å². The Kier molecular flexibility index (Phi) is 11.0. The van der Waals surface area contributed by atoms with Gasteiger partial charge >= 0.3 is 6.18 Å². The number of benzene rings is 2. The number of alkyl halides is 3. The van der Waals surface area contributed by atoms with Crippen LogP contribution in [0.4, 0.5) is 13.2 Å². The van der Waals surface area contributed by atoms with Crippen molar-refractivity contribution in [2.75, 3.05) is 26.2 Å². The van der Waals surface area contributed by atoms with Gasteiger partial charge in [0.05, 0.1) is 26.3 Å². The lowest BCUT2D eigenvalue weighted by Gasteiger charge is -2.36. The van der Waals surface area contributed by atoms with Gasteiger partial charge in [0.1, 0.15) is 0 Å². The van der Waals surface area contributed by atoms with Crippen LogP contribution in [0.2, 0.25) is 0 Å². The molecule has 2 aliphatic rings. The molecule has 2 fully saturated rings. The first-order valence-corrected chi connectivity index (χ1v) is 17.0. The largest absolute Gasteiger partial charge is 0.417 e. The smallest absolute Gasteiger partial charge is 0.341 e. The van der Waals surface area contributed by atoms with Gasteiger partial charge in [-0.15, -0.1) is 12.4 Å². The lowest BCUT2D eigenvalue weighted by molar-refractivity contribution is -0.140. The van der Waals surface area contributed by atoms with E-state index in [0.29, 0.717) is 12.1 Å². The van der Waals surface area contributed by atoms with Crippen LogP contribution in [0.15, 0.2) is 63.2 Å². The van der Waals surface area contributed by atoms with Gasteiger partial charge in [-0.3, -0.25) is 9.69 Å². The summed E-state index contributed by atoms with van der Waals surface area (Å²) in [5.74, 6) is 0.000828. The number of sulfonamides is 1. The number of sulfone groups is 1. The monoisotopic (exact) mass is 665 g/mol. The van der Waals surface area contributed by atoms with Crippen molar-refractivity contribution in [1.29, 1.82) is 0 Å². The lowest BCUT2D eigenvalue weighted by Crippen LogP contribution is -2.51. The molecule has 0 aliphatic carbocycles. The minimum Gasteiger partial charge on any atom is -0.341 e. The van der Waals surface area contributed by atoms with Crippen molar-refractivity contribution in [1.82, 2.24) is 14.5 Å². The normalized spacial score (nSPS) is 19.3. The fourth-order valence-electron chi connectivity index (χ4n) is 5.43. The number of nitrogens with zero attached hydrogens (tertiary/aromatic N) is 2. The highest BCUT2D eigenvalue weighted by Gasteiger charge is 2.40. The number of rotatable bonds is 8. The Morgan fingerprint density at radius 2 is 1.53 bits per heavy atom. The highest BCUT2D eigenvalue weighted by Crippen LogP contribution is 2.36. The maximum atomic E-state index is 13.9. The third kappa shape index (κ3) is 8.50. The van der Waals surface area contributed by atoms with E-state index in [-0.39, 0.29) is 60.6 Å². The van der Waals surface area contributed by atoms with Gasteiger partial charge in [0.15, 0.2) is 0 Å². The minimum atomic E-state index is -5.03. The molecule has 0 spiro atoms. The number of carbonyl (C=O) groups excluding carboxylic acids is 1. The number of piperidine rings is 1. The van der Waals surface area contributed by atoms with Crippen LogP contribution in [-0.2, 0) is 30.8 Å². The summed E-state index contributed by atoms with van der Waals surface area (Å²) >= 11 is 0. The van der Waals surface area contributed by atoms with Gasteiger partial charge < -0.3 is 4.90 Å². The van der Waals surface area contributed by atoms with E-state index in [0.717, 1.165) is 38.4 Å². The Hall–Kier alpha value is -2.19. The second-order valence-electron chi connectivity index (χ2n) is 12.2. The zero-order chi connectivity index (χ0) is 30.9. The van der Waals surface area contributed by atoms with Crippen molar-refractivity contribution in [3.63, 3.8) is 0 Å². The fraction of sp³-hybridized carbons (Fsp3) is 0.552. The van der Waals surface area contributed by atoms with Crippen LogP contribution in [0.25, 0.3) is 0 Å². The molecule has 8 nitrogen and oxygen atoms in total. The zero-order valence-corrected chi connectivity index (χ0v) is 26.9. The molecule has 1 amide bonds. The van der Waals surface area contributed by atoms with E-state index < -0.39 is 47.4 Å². The first-order chi connectivity index (χ1) is 19.5. The molecule has 240 valence electrons. The number of likely N-dealkylation sites (tertiary alicyclic amines) is 2. The van der Waals surface area contributed by atoms with Crippen molar-refractivity contribution in [2.45, 2.75) is 85.8 Å². The standard InChI is InChI=1S/C29H38F3N3O5S2.ClH/c1-28(2,3)15-19-34-16-7-10-25(34)27(36)35-17-13-21(14-18-35)33-42(39,40)26-20-23(11-12-24(26)29(30,31)32)41(37,38)22-8-5-4-6-9-22;/h4-6,8-9,11-12,20-21,25,33H,7,10,13-19H2,1-3H3;1H/t25-;/m0./s1. The topological polar surface area (TPSA) is 104 Å². The highest BCUT2D eigenvalue weighted by atomic mass is 35.5. The zero-order valence-electron chi connectivity index (χ0n) is 24.4. The molecule has 2 saturated heterocycles. The van der Waals surface area contributed by atoms with Crippen molar-refractivity contribution in [3.05, 3.63) is 54.1 Å². The fourth-order valence-corrected chi connectivity index (χ4v) is 8.37. The van der Waals surface area contributed by atoms with Gasteiger partial charge in [-0.1, -0.05) is 39.0 Å².